The summed E-state index contributed by atoms with van der Waals surface area (Å²) in [7, 11) is 0. The lowest BCUT2D eigenvalue weighted by atomic mass is 10.1. The predicted octanol–water partition coefficient (Wildman–Crippen LogP) is 3.83. The second-order valence-corrected chi connectivity index (χ2v) is 6.54. The Hall–Kier alpha value is -4.40. The fourth-order valence-electron chi connectivity index (χ4n) is 3.05. The van der Waals surface area contributed by atoms with Crippen LogP contribution in [0.2, 0.25) is 0 Å². The van der Waals surface area contributed by atoms with Crippen molar-refractivity contribution in [1.82, 2.24) is 34.9 Å². The van der Waals surface area contributed by atoms with Crippen molar-refractivity contribution in [1.29, 1.82) is 0 Å². The number of rotatable bonds is 5. The third kappa shape index (κ3) is 3.51. The van der Waals surface area contributed by atoms with Crippen LogP contribution in [0.15, 0.2) is 78.4 Å². The number of anilines is 2. The number of hydrogen-bond acceptors (Lipinski definition) is 8. The third-order valence-electron chi connectivity index (χ3n) is 4.49. The van der Waals surface area contributed by atoms with E-state index in [1.54, 1.807) is 35.9 Å². The molecular weight excluding hydrogens is 380 g/mol. The van der Waals surface area contributed by atoms with Gasteiger partial charge >= 0.3 is 0 Å². The quantitative estimate of drug-likeness (QED) is 0.478. The largest absolute Gasteiger partial charge is 0.363 e. The average Bonchev–Trinajstić information content (AvgIpc) is 3.45. The van der Waals surface area contributed by atoms with Gasteiger partial charge in [0.2, 0.25) is 0 Å². The van der Waals surface area contributed by atoms with Crippen molar-refractivity contribution in [3.8, 4) is 28.1 Å². The first-order valence-electron chi connectivity index (χ1n) is 9.18. The van der Waals surface area contributed by atoms with Crippen molar-refractivity contribution in [2.24, 2.45) is 0 Å². The van der Waals surface area contributed by atoms with Gasteiger partial charge in [-0.15, -0.1) is 0 Å². The van der Waals surface area contributed by atoms with Gasteiger partial charge in [0.1, 0.15) is 36.3 Å². The molecule has 0 spiro atoms. The fourth-order valence-corrected chi connectivity index (χ4v) is 3.05. The fraction of sp³-hybridized carbons (Fsp3) is 0.0476. The Morgan fingerprint density at radius 3 is 2.57 bits per heavy atom. The Balaban J connectivity index is 1.39. The Morgan fingerprint density at radius 2 is 1.80 bits per heavy atom. The van der Waals surface area contributed by atoms with Crippen LogP contribution >= 0.6 is 0 Å². The summed E-state index contributed by atoms with van der Waals surface area (Å²) in [6.07, 6.45) is 9.94. The molecule has 0 fully saturated rings. The summed E-state index contributed by atoms with van der Waals surface area (Å²) in [6, 6.07) is 11.6. The number of nitrogens with one attached hydrogen (secondary N) is 1. The summed E-state index contributed by atoms with van der Waals surface area (Å²) in [4.78, 5) is 16.7. The van der Waals surface area contributed by atoms with Crippen LogP contribution in [0.3, 0.4) is 0 Å². The van der Waals surface area contributed by atoms with Crippen molar-refractivity contribution in [2.75, 3.05) is 5.32 Å². The molecule has 4 aromatic heterocycles. The molecule has 0 amide bonds. The third-order valence-corrected chi connectivity index (χ3v) is 4.49. The first-order valence-corrected chi connectivity index (χ1v) is 9.18. The van der Waals surface area contributed by atoms with Crippen LogP contribution in [0.1, 0.15) is 5.82 Å². The molecule has 30 heavy (non-hydrogen) atoms. The summed E-state index contributed by atoms with van der Waals surface area (Å²) in [5.41, 5.74) is 5.05. The molecule has 0 saturated heterocycles. The highest BCUT2D eigenvalue weighted by molar-refractivity contribution is 5.80. The molecule has 1 aromatic carbocycles. The van der Waals surface area contributed by atoms with Gasteiger partial charge in [-0.1, -0.05) is 5.16 Å². The lowest BCUT2D eigenvalue weighted by Gasteiger charge is -2.08. The minimum absolute atomic E-state index is 0.690. The van der Waals surface area contributed by atoms with E-state index < -0.39 is 0 Å². The molecule has 146 valence electrons. The minimum atomic E-state index is 0.690. The Kier molecular flexibility index (Phi) is 4.45. The molecule has 0 radical (unpaired) electrons. The zero-order valence-electron chi connectivity index (χ0n) is 16.0. The minimum Gasteiger partial charge on any atom is -0.363 e. The van der Waals surface area contributed by atoms with Gasteiger partial charge in [-0.3, -0.25) is 0 Å². The van der Waals surface area contributed by atoms with Crippen LogP contribution in [0.4, 0.5) is 11.5 Å². The Morgan fingerprint density at radius 1 is 0.967 bits per heavy atom. The maximum atomic E-state index is 5.21. The normalized spacial score (nSPS) is 10.8. The molecule has 0 unspecified atom stereocenters. The molecule has 0 aliphatic carbocycles. The van der Waals surface area contributed by atoms with E-state index in [0.717, 1.165) is 33.9 Å². The first-order chi connectivity index (χ1) is 14.8. The van der Waals surface area contributed by atoms with E-state index in [9.17, 15) is 0 Å². The van der Waals surface area contributed by atoms with Gasteiger partial charge in [-0.05, 0) is 43.3 Å². The van der Waals surface area contributed by atoms with Gasteiger partial charge < -0.3 is 9.84 Å². The van der Waals surface area contributed by atoms with Crippen LogP contribution in [0.5, 0.6) is 0 Å². The second-order valence-electron chi connectivity index (χ2n) is 6.54. The van der Waals surface area contributed by atoms with Crippen molar-refractivity contribution >= 4 is 11.5 Å². The molecule has 4 heterocycles. The van der Waals surface area contributed by atoms with Crippen molar-refractivity contribution in [3.63, 3.8) is 0 Å². The molecule has 5 rings (SSSR count). The molecular formula is C21H16N8O. The predicted molar refractivity (Wildman–Crippen MR) is 110 cm³/mol. The van der Waals surface area contributed by atoms with Crippen molar-refractivity contribution < 1.29 is 4.52 Å². The maximum Gasteiger partial charge on any atom is 0.147 e. The lowest BCUT2D eigenvalue weighted by Crippen LogP contribution is -1.97. The monoisotopic (exact) mass is 396 g/mol. The zero-order chi connectivity index (χ0) is 20.3. The molecule has 9 heteroatoms. The van der Waals surface area contributed by atoms with E-state index in [0.29, 0.717) is 11.5 Å². The summed E-state index contributed by atoms with van der Waals surface area (Å²) in [6.45, 7) is 1.86. The molecule has 0 aliphatic rings. The molecule has 9 nitrogen and oxygen atoms in total. The lowest BCUT2D eigenvalue weighted by molar-refractivity contribution is 0.422. The van der Waals surface area contributed by atoms with E-state index in [2.05, 4.69) is 35.5 Å². The van der Waals surface area contributed by atoms with Gasteiger partial charge in [-0.2, -0.15) is 5.10 Å². The van der Waals surface area contributed by atoms with E-state index >= 15 is 0 Å². The number of pyridine rings is 1. The average molecular weight is 396 g/mol. The molecule has 5 aromatic rings. The number of benzene rings is 1. The van der Waals surface area contributed by atoms with Crippen molar-refractivity contribution in [2.45, 2.75) is 6.92 Å². The number of nitrogens with zero attached hydrogens (tertiary/aromatic N) is 7. The second kappa shape index (κ2) is 7.55. The molecule has 0 bridgehead atoms. The molecule has 0 atom stereocenters. The summed E-state index contributed by atoms with van der Waals surface area (Å²) < 4.78 is 6.94. The van der Waals surface area contributed by atoms with Crippen LogP contribution in [-0.2, 0) is 0 Å². The number of aromatic nitrogens is 7. The maximum absolute atomic E-state index is 5.21. The first kappa shape index (κ1) is 17.7. The Bertz CT molecular complexity index is 1280. The summed E-state index contributed by atoms with van der Waals surface area (Å²) in [5.74, 6) is 1.42. The van der Waals surface area contributed by atoms with Gasteiger partial charge in [0.25, 0.3) is 0 Å². The van der Waals surface area contributed by atoms with Gasteiger partial charge in [-0.25, -0.2) is 24.6 Å². The highest BCUT2D eigenvalue weighted by Gasteiger charge is 2.13. The number of aryl methyl sites for hydroxylation is 1. The highest BCUT2D eigenvalue weighted by Crippen LogP contribution is 2.31. The van der Waals surface area contributed by atoms with Gasteiger partial charge in [0, 0.05) is 35.4 Å². The van der Waals surface area contributed by atoms with Crippen LogP contribution in [0, 0.1) is 6.92 Å². The SMILES string of the molecule is Cc1ncn(-c2ccc(Nc3cc(-c4nocc4-c4cncnc4)ccn3)cc2)n1. The highest BCUT2D eigenvalue weighted by atomic mass is 16.5. The van der Waals surface area contributed by atoms with Gasteiger partial charge in [0.15, 0.2) is 0 Å². The van der Waals surface area contributed by atoms with E-state index in [4.69, 9.17) is 4.52 Å². The molecule has 0 saturated carbocycles. The van der Waals surface area contributed by atoms with E-state index in [-0.39, 0.29) is 0 Å². The van der Waals surface area contributed by atoms with Gasteiger partial charge in [0.05, 0.1) is 11.3 Å². The van der Waals surface area contributed by atoms with Crippen molar-refractivity contribution in [3.05, 3.63) is 79.7 Å². The smallest absolute Gasteiger partial charge is 0.147 e. The standard InChI is InChI=1S/C21H16N8O/c1-14-25-13-29(27-14)18-4-2-17(3-5-18)26-20-8-15(6-7-24-20)21-19(11-30-28-21)16-9-22-12-23-10-16/h2-13H,1H3,(H,24,26). The number of hydrogen-bond donors (Lipinski definition) is 1. The Labute approximate surface area is 171 Å². The van der Waals surface area contributed by atoms with E-state index in [1.807, 2.05) is 43.3 Å². The zero-order valence-corrected chi connectivity index (χ0v) is 16.0. The van der Waals surface area contributed by atoms with Crippen LogP contribution in [0.25, 0.3) is 28.1 Å². The summed E-state index contributed by atoms with van der Waals surface area (Å²) in [5, 5.41) is 11.8. The van der Waals surface area contributed by atoms with E-state index in [1.165, 1.54) is 6.33 Å². The molecule has 0 aliphatic heterocycles. The van der Waals surface area contributed by atoms with Crippen LogP contribution < -0.4 is 5.32 Å². The van der Waals surface area contributed by atoms with Crippen LogP contribution in [-0.4, -0.2) is 34.9 Å². The topological polar surface area (TPSA) is 107 Å². The molecule has 1 N–H and O–H groups in total. The summed E-state index contributed by atoms with van der Waals surface area (Å²) >= 11 is 0.